The third-order valence-electron chi connectivity index (χ3n) is 8.00. The molecular formula is C35H28N4O10S. The minimum absolute atomic E-state index is 0.0980. The molecule has 0 radical (unpaired) electrons. The van der Waals surface area contributed by atoms with Crippen molar-refractivity contribution in [1.82, 2.24) is 4.57 Å². The Kier molecular flexibility index (Phi) is 9.15. The highest BCUT2D eigenvalue weighted by Gasteiger charge is 2.36. The van der Waals surface area contributed by atoms with Crippen molar-refractivity contribution >= 4 is 45.5 Å². The van der Waals surface area contributed by atoms with Crippen LogP contribution in [-0.4, -0.2) is 41.2 Å². The molecule has 5 aromatic rings. The molecule has 14 nitrogen and oxygen atoms in total. The zero-order chi connectivity index (χ0) is 35.7. The second-order valence-electron chi connectivity index (χ2n) is 10.9. The Morgan fingerprint density at radius 2 is 1.66 bits per heavy atom. The van der Waals surface area contributed by atoms with Gasteiger partial charge in [0.2, 0.25) is 5.75 Å². The molecule has 50 heavy (non-hydrogen) atoms. The second kappa shape index (κ2) is 13.6. The molecule has 0 saturated heterocycles. The van der Waals surface area contributed by atoms with Gasteiger partial charge in [0.1, 0.15) is 11.8 Å². The lowest BCUT2D eigenvalue weighted by molar-refractivity contribution is -0.394. The van der Waals surface area contributed by atoms with E-state index >= 15 is 0 Å². The van der Waals surface area contributed by atoms with E-state index in [0.717, 1.165) is 40.3 Å². The summed E-state index contributed by atoms with van der Waals surface area (Å²) < 4.78 is 24.3. The lowest BCUT2D eigenvalue weighted by Gasteiger charge is -2.27. The van der Waals surface area contributed by atoms with Crippen molar-refractivity contribution in [3.63, 3.8) is 0 Å². The number of non-ortho nitro benzene ring substituents is 1. The molecule has 0 saturated carbocycles. The average molecular weight is 697 g/mol. The van der Waals surface area contributed by atoms with E-state index in [-0.39, 0.29) is 29.4 Å². The molecule has 0 unspecified atom stereocenters. The van der Waals surface area contributed by atoms with Crippen molar-refractivity contribution in [2.45, 2.75) is 19.9 Å². The number of nitro groups is 2. The van der Waals surface area contributed by atoms with Crippen LogP contribution in [0.25, 0.3) is 16.8 Å². The van der Waals surface area contributed by atoms with Crippen molar-refractivity contribution in [2.24, 2.45) is 4.99 Å². The van der Waals surface area contributed by atoms with Gasteiger partial charge in [-0.05, 0) is 60.5 Å². The van der Waals surface area contributed by atoms with E-state index in [0.29, 0.717) is 31.9 Å². The van der Waals surface area contributed by atoms with Crippen LogP contribution in [0.3, 0.4) is 0 Å². The molecule has 1 aromatic heterocycles. The molecule has 1 atom stereocenters. The molecular weight excluding hydrogens is 668 g/mol. The van der Waals surface area contributed by atoms with Gasteiger partial charge in [-0.25, -0.2) is 9.79 Å². The molecule has 2 heterocycles. The van der Waals surface area contributed by atoms with Crippen LogP contribution in [0.5, 0.6) is 23.0 Å². The van der Waals surface area contributed by atoms with Gasteiger partial charge in [0.05, 0.1) is 52.5 Å². The van der Waals surface area contributed by atoms with Gasteiger partial charge in [0.25, 0.3) is 11.2 Å². The van der Waals surface area contributed by atoms with Crippen LogP contribution in [0.1, 0.15) is 31.0 Å². The van der Waals surface area contributed by atoms with Crippen molar-refractivity contribution in [2.75, 3.05) is 20.8 Å². The topological polar surface area (TPSA) is 175 Å². The van der Waals surface area contributed by atoms with Gasteiger partial charge in [-0.15, -0.1) is 0 Å². The zero-order valence-electron chi connectivity index (χ0n) is 27.1. The Labute approximate surface area is 287 Å². The molecule has 0 bridgehead atoms. The van der Waals surface area contributed by atoms with Crippen LogP contribution in [0.4, 0.5) is 11.4 Å². The summed E-state index contributed by atoms with van der Waals surface area (Å²) >= 11 is 1.13. The fourth-order valence-electron chi connectivity index (χ4n) is 5.78. The number of methoxy groups -OCH3 is 2. The number of hydrogen-bond acceptors (Lipinski definition) is 12. The molecule has 15 heteroatoms. The Balaban J connectivity index is 1.48. The number of benzene rings is 4. The van der Waals surface area contributed by atoms with Gasteiger partial charge in [-0.2, -0.15) is 0 Å². The first-order chi connectivity index (χ1) is 24.1. The number of carbonyl (C=O) groups excluding carboxylic acids is 1. The van der Waals surface area contributed by atoms with Gasteiger partial charge in [0, 0.05) is 11.6 Å². The number of esters is 1. The van der Waals surface area contributed by atoms with Gasteiger partial charge in [0.15, 0.2) is 16.3 Å². The summed E-state index contributed by atoms with van der Waals surface area (Å²) in [5.74, 6) is -0.0691. The molecule has 1 aliphatic heterocycles. The SMILES string of the molecule is CCOC(=O)C1=C(C)N=c2s/c(=C\c3ccc(Oc4ccc([N+](=O)[O-])cc4[N+](=O)[O-])c(OC)c3)c(=O)n2[C@@H]1c1c(OC)ccc2ccccc12. The predicted molar refractivity (Wildman–Crippen MR) is 184 cm³/mol. The summed E-state index contributed by atoms with van der Waals surface area (Å²) in [4.78, 5) is 54.1. The van der Waals surface area contributed by atoms with Gasteiger partial charge < -0.3 is 18.9 Å². The highest BCUT2D eigenvalue weighted by molar-refractivity contribution is 7.07. The zero-order valence-corrected chi connectivity index (χ0v) is 27.9. The Bertz CT molecular complexity index is 2430. The van der Waals surface area contributed by atoms with Gasteiger partial charge >= 0.3 is 11.7 Å². The number of fused-ring (bicyclic) bond motifs is 2. The maximum atomic E-state index is 14.3. The number of nitrogens with zero attached hydrogens (tertiary/aromatic N) is 4. The number of hydrogen-bond donors (Lipinski definition) is 0. The quantitative estimate of drug-likeness (QED) is 0.102. The number of rotatable bonds is 10. The van der Waals surface area contributed by atoms with E-state index in [1.807, 2.05) is 30.3 Å². The molecule has 0 N–H and O–H groups in total. The smallest absolute Gasteiger partial charge is 0.338 e. The average Bonchev–Trinajstić information content (AvgIpc) is 3.41. The number of nitro benzene ring substituents is 2. The van der Waals surface area contributed by atoms with Crippen molar-refractivity contribution in [1.29, 1.82) is 0 Å². The molecule has 1 aliphatic rings. The maximum absolute atomic E-state index is 14.3. The standard InChI is InChI=1S/C35H28N4O10S/c1-5-48-34(41)30-19(2)36-35-37(32(30)31-23-9-7-6-8-21(23)11-14-27(31)46-3)33(40)29(50-35)17-20-10-13-26(28(16-20)47-4)49-25-15-12-22(38(42)43)18-24(25)39(44)45/h6-18,32H,5H2,1-4H3/b29-17-/t32-/m0/s1. The van der Waals surface area contributed by atoms with Crippen molar-refractivity contribution < 1.29 is 33.6 Å². The number of thiazole rings is 1. The molecule has 254 valence electrons. The van der Waals surface area contributed by atoms with Crippen LogP contribution in [0, 0.1) is 20.2 Å². The van der Waals surface area contributed by atoms with E-state index in [9.17, 15) is 29.8 Å². The van der Waals surface area contributed by atoms with Gasteiger partial charge in [-0.1, -0.05) is 47.7 Å². The molecule has 0 spiro atoms. The number of aromatic nitrogens is 1. The van der Waals surface area contributed by atoms with Crippen LogP contribution in [0.2, 0.25) is 0 Å². The van der Waals surface area contributed by atoms with Crippen LogP contribution < -0.4 is 29.1 Å². The Hall–Kier alpha value is -6.35. The summed E-state index contributed by atoms with van der Waals surface area (Å²) in [7, 11) is 2.90. The highest BCUT2D eigenvalue weighted by Crippen LogP contribution is 2.41. The fourth-order valence-corrected chi connectivity index (χ4v) is 6.82. The summed E-state index contributed by atoms with van der Waals surface area (Å²) in [5, 5.41) is 24.4. The Morgan fingerprint density at radius 1 is 0.940 bits per heavy atom. The third-order valence-corrected chi connectivity index (χ3v) is 8.98. The fraction of sp³-hybridized carbons (Fsp3) is 0.171. The van der Waals surface area contributed by atoms with E-state index in [2.05, 4.69) is 4.99 Å². The minimum atomic E-state index is -0.920. The molecule has 6 rings (SSSR count). The highest BCUT2D eigenvalue weighted by atomic mass is 32.1. The van der Waals surface area contributed by atoms with Crippen molar-refractivity contribution in [3.8, 4) is 23.0 Å². The molecule has 0 amide bonds. The number of ether oxygens (including phenoxy) is 4. The van der Waals surface area contributed by atoms with E-state index in [1.54, 1.807) is 38.1 Å². The van der Waals surface area contributed by atoms with E-state index < -0.39 is 38.8 Å². The van der Waals surface area contributed by atoms with E-state index in [4.69, 9.17) is 18.9 Å². The third kappa shape index (κ3) is 6.05. The maximum Gasteiger partial charge on any atom is 0.338 e. The first-order valence-corrected chi connectivity index (χ1v) is 15.9. The summed E-state index contributed by atoms with van der Waals surface area (Å²) in [6.45, 7) is 3.53. The largest absolute Gasteiger partial charge is 0.496 e. The lowest BCUT2D eigenvalue weighted by Crippen LogP contribution is -2.40. The first kappa shape index (κ1) is 33.5. The Morgan fingerprint density at radius 3 is 2.36 bits per heavy atom. The van der Waals surface area contributed by atoms with Gasteiger partial charge in [-0.3, -0.25) is 29.6 Å². The van der Waals surface area contributed by atoms with Crippen LogP contribution in [0.15, 0.2) is 93.9 Å². The lowest BCUT2D eigenvalue weighted by atomic mass is 9.90. The minimum Gasteiger partial charge on any atom is -0.496 e. The summed E-state index contributed by atoms with van der Waals surface area (Å²) in [5.41, 5.74) is 0.282. The van der Waals surface area contributed by atoms with Crippen molar-refractivity contribution in [3.05, 3.63) is 135 Å². The second-order valence-corrected chi connectivity index (χ2v) is 11.9. The normalized spacial score (nSPS) is 14.2. The molecule has 0 fully saturated rings. The molecule has 4 aromatic carbocycles. The van der Waals surface area contributed by atoms with Crippen LogP contribution >= 0.6 is 11.3 Å². The molecule has 0 aliphatic carbocycles. The predicted octanol–water partition coefficient (Wildman–Crippen LogP) is 5.58. The number of carbonyl (C=O) groups is 1. The van der Waals surface area contributed by atoms with Crippen LogP contribution in [-0.2, 0) is 9.53 Å². The van der Waals surface area contributed by atoms with E-state index in [1.165, 1.54) is 24.9 Å². The summed E-state index contributed by atoms with van der Waals surface area (Å²) in [6.07, 6.45) is 1.63. The monoisotopic (exact) mass is 696 g/mol. The summed E-state index contributed by atoms with van der Waals surface area (Å²) in [6, 6.07) is 18.1. The first-order valence-electron chi connectivity index (χ1n) is 15.1. The number of allylic oxidation sites excluding steroid dienone is 1.